The molecule has 1 aromatic rings. The van der Waals surface area contributed by atoms with Gasteiger partial charge in [0.25, 0.3) is 0 Å². The number of anilines is 1. The van der Waals surface area contributed by atoms with Crippen molar-refractivity contribution in [3.8, 4) is 0 Å². The van der Waals surface area contributed by atoms with Crippen LogP contribution in [-0.2, 0) is 10.0 Å². The molecule has 1 heterocycles. The fourth-order valence-corrected chi connectivity index (χ4v) is 4.62. The molecule has 2 N–H and O–H groups in total. The second-order valence-electron chi connectivity index (χ2n) is 7.04. The summed E-state index contributed by atoms with van der Waals surface area (Å²) < 4.78 is 26.4. The lowest BCUT2D eigenvalue weighted by Crippen LogP contribution is -2.49. The van der Waals surface area contributed by atoms with Crippen molar-refractivity contribution in [2.24, 2.45) is 0 Å². The molecular weight excluding hydrogens is 364 g/mol. The molecule has 0 aromatic heterocycles. The SMILES string of the molecule is CCCS(=O)(=O)NC1CCN(C(=O)NCCCN(C)c2ccccc2)CC1. The normalized spacial score (nSPS) is 15.6. The highest BCUT2D eigenvalue weighted by atomic mass is 32.2. The average molecular weight is 397 g/mol. The molecule has 0 radical (unpaired) electrons. The number of benzene rings is 1. The highest BCUT2D eigenvalue weighted by Gasteiger charge is 2.25. The molecule has 0 spiro atoms. The first-order chi connectivity index (χ1) is 12.9. The number of amides is 2. The number of nitrogens with one attached hydrogen (secondary N) is 2. The molecule has 0 atom stereocenters. The Morgan fingerprint density at radius 2 is 1.89 bits per heavy atom. The molecule has 27 heavy (non-hydrogen) atoms. The monoisotopic (exact) mass is 396 g/mol. The predicted octanol–water partition coefficient (Wildman–Crippen LogP) is 2.02. The molecule has 1 fully saturated rings. The van der Waals surface area contributed by atoms with Gasteiger partial charge in [-0.05, 0) is 37.8 Å². The third-order valence-corrected chi connectivity index (χ3v) is 6.38. The van der Waals surface area contributed by atoms with E-state index in [0.29, 0.717) is 38.9 Å². The summed E-state index contributed by atoms with van der Waals surface area (Å²) in [7, 11) is -1.15. The second kappa shape index (κ2) is 10.5. The van der Waals surface area contributed by atoms with Gasteiger partial charge < -0.3 is 15.1 Å². The van der Waals surface area contributed by atoms with E-state index in [2.05, 4.69) is 27.1 Å². The molecule has 1 aromatic carbocycles. The van der Waals surface area contributed by atoms with Gasteiger partial charge in [0.2, 0.25) is 10.0 Å². The van der Waals surface area contributed by atoms with Gasteiger partial charge in [0.1, 0.15) is 0 Å². The van der Waals surface area contributed by atoms with E-state index in [1.807, 2.05) is 32.2 Å². The molecule has 1 aliphatic heterocycles. The lowest BCUT2D eigenvalue weighted by Gasteiger charge is -2.32. The Kier molecular flexibility index (Phi) is 8.37. The minimum Gasteiger partial charge on any atom is -0.375 e. The summed E-state index contributed by atoms with van der Waals surface area (Å²) in [5.41, 5.74) is 1.16. The van der Waals surface area contributed by atoms with Crippen molar-refractivity contribution in [1.29, 1.82) is 0 Å². The summed E-state index contributed by atoms with van der Waals surface area (Å²) in [6, 6.07) is 10.0. The third kappa shape index (κ3) is 7.38. The number of carbonyl (C=O) groups is 1. The van der Waals surface area contributed by atoms with Crippen LogP contribution in [0.25, 0.3) is 0 Å². The molecule has 152 valence electrons. The minimum absolute atomic E-state index is 0.0628. The van der Waals surface area contributed by atoms with E-state index in [1.54, 1.807) is 4.90 Å². The Morgan fingerprint density at radius 3 is 2.52 bits per heavy atom. The molecular formula is C19H32N4O3S. The maximum atomic E-state index is 12.3. The van der Waals surface area contributed by atoms with Gasteiger partial charge >= 0.3 is 6.03 Å². The fourth-order valence-electron chi connectivity index (χ4n) is 3.22. The Morgan fingerprint density at radius 1 is 1.22 bits per heavy atom. The van der Waals surface area contributed by atoms with Crippen LogP contribution >= 0.6 is 0 Å². The van der Waals surface area contributed by atoms with Gasteiger partial charge in [0.15, 0.2) is 0 Å². The van der Waals surface area contributed by atoms with Crippen LogP contribution in [0.5, 0.6) is 0 Å². The first-order valence-electron chi connectivity index (χ1n) is 9.70. The zero-order valence-electron chi connectivity index (χ0n) is 16.4. The van der Waals surface area contributed by atoms with Gasteiger partial charge in [0.05, 0.1) is 5.75 Å². The third-order valence-electron chi connectivity index (χ3n) is 4.74. The smallest absolute Gasteiger partial charge is 0.317 e. The van der Waals surface area contributed by atoms with Crippen LogP contribution in [0, 0.1) is 0 Å². The molecule has 1 aliphatic rings. The number of urea groups is 1. The summed E-state index contributed by atoms with van der Waals surface area (Å²) in [5, 5.41) is 2.96. The molecule has 2 rings (SSSR count). The van der Waals surface area contributed by atoms with Crippen molar-refractivity contribution in [2.45, 2.75) is 38.6 Å². The van der Waals surface area contributed by atoms with Gasteiger partial charge in [-0.1, -0.05) is 25.1 Å². The zero-order valence-corrected chi connectivity index (χ0v) is 17.2. The van der Waals surface area contributed by atoms with E-state index in [0.717, 1.165) is 18.7 Å². The summed E-state index contributed by atoms with van der Waals surface area (Å²) in [5.74, 6) is 0.158. The van der Waals surface area contributed by atoms with Crippen LogP contribution in [0.1, 0.15) is 32.6 Å². The number of hydrogen-bond donors (Lipinski definition) is 2. The molecule has 8 heteroatoms. The number of rotatable bonds is 9. The molecule has 0 bridgehead atoms. The number of sulfonamides is 1. The topological polar surface area (TPSA) is 81.8 Å². The van der Waals surface area contributed by atoms with Crippen molar-refractivity contribution in [1.82, 2.24) is 14.9 Å². The fraction of sp³-hybridized carbons (Fsp3) is 0.632. The summed E-state index contributed by atoms with van der Waals surface area (Å²) in [4.78, 5) is 16.2. The van der Waals surface area contributed by atoms with Crippen LogP contribution < -0.4 is 14.9 Å². The zero-order chi connectivity index (χ0) is 19.7. The van der Waals surface area contributed by atoms with Crippen molar-refractivity contribution >= 4 is 21.7 Å². The van der Waals surface area contributed by atoms with Gasteiger partial charge in [0, 0.05) is 45.0 Å². The molecule has 7 nitrogen and oxygen atoms in total. The van der Waals surface area contributed by atoms with Gasteiger partial charge in [-0.25, -0.2) is 17.9 Å². The molecule has 0 saturated carbocycles. The standard InChI is InChI=1S/C19H32N4O3S/c1-3-16-27(25,26)21-17-10-14-23(15-11-17)19(24)20-12-7-13-22(2)18-8-5-4-6-9-18/h4-6,8-9,17,21H,3,7,10-16H2,1-2H3,(H,20,24). The van der Waals surface area contributed by atoms with Crippen LogP contribution in [-0.4, -0.2) is 64.4 Å². The molecule has 2 amide bonds. The highest BCUT2D eigenvalue weighted by Crippen LogP contribution is 2.12. The molecule has 0 unspecified atom stereocenters. The van der Waals surface area contributed by atoms with E-state index >= 15 is 0 Å². The first kappa shape index (κ1) is 21.5. The Hall–Kier alpha value is -1.80. The average Bonchev–Trinajstić information content (AvgIpc) is 2.65. The van der Waals surface area contributed by atoms with E-state index in [4.69, 9.17) is 0 Å². The molecule has 1 saturated heterocycles. The lowest BCUT2D eigenvalue weighted by atomic mass is 10.1. The van der Waals surface area contributed by atoms with Crippen LogP contribution in [0.15, 0.2) is 30.3 Å². The predicted molar refractivity (Wildman–Crippen MR) is 110 cm³/mol. The minimum atomic E-state index is -3.19. The quantitative estimate of drug-likeness (QED) is 0.626. The Balaban J connectivity index is 1.63. The first-order valence-corrected chi connectivity index (χ1v) is 11.4. The van der Waals surface area contributed by atoms with E-state index < -0.39 is 10.0 Å². The number of nitrogens with zero attached hydrogens (tertiary/aromatic N) is 2. The summed E-state index contributed by atoms with van der Waals surface area (Å²) in [6.07, 6.45) is 2.79. The summed E-state index contributed by atoms with van der Waals surface area (Å²) in [6.45, 7) is 4.50. The number of hydrogen-bond acceptors (Lipinski definition) is 4. The largest absolute Gasteiger partial charge is 0.375 e. The lowest BCUT2D eigenvalue weighted by molar-refractivity contribution is 0.180. The number of piperidine rings is 1. The van der Waals surface area contributed by atoms with Gasteiger partial charge in [-0.3, -0.25) is 0 Å². The maximum absolute atomic E-state index is 12.3. The van der Waals surface area contributed by atoms with Crippen molar-refractivity contribution in [3.05, 3.63) is 30.3 Å². The van der Waals surface area contributed by atoms with Gasteiger partial charge in [-0.15, -0.1) is 0 Å². The Bertz CT molecular complexity index is 673. The van der Waals surface area contributed by atoms with Crippen LogP contribution in [0.2, 0.25) is 0 Å². The van der Waals surface area contributed by atoms with E-state index in [9.17, 15) is 13.2 Å². The number of likely N-dealkylation sites (tertiary alicyclic amines) is 1. The number of para-hydroxylation sites is 1. The summed E-state index contributed by atoms with van der Waals surface area (Å²) >= 11 is 0. The Labute approximate surface area is 163 Å². The van der Waals surface area contributed by atoms with Crippen LogP contribution in [0.3, 0.4) is 0 Å². The van der Waals surface area contributed by atoms with E-state index in [-0.39, 0.29) is 17.8 Å². The highest BCUT2D eigenvalue weighted by molar-refractivity contribution is 7.89. The second-order valence-corrected chi connectivity index (χ2v) is 8.91. The van der Waals surface area contributed by atoms with E-state index in [1.165, 1.54) is 0 Å². The van der Waals surface area contributed by atoms with Crippen molar-refractivity contribution < 1.29 is 13.2 Å². The van der Waals surface area contributed by atoms with Crippen molar-refractivity contribution in [2.75, 3.05) is 43.9 Å². The number of carbonyl (C=O) groups excluding carboxylic acids is 1. The van der Waals surface area contributed by atoms with Crippen LogP contribution in [0.4, 0.5) is 10.5 Å². The van der Waals surface area contributed by atoms with Crippen molar-refractivity contribution in [3.63, 3.8) is 0 Å². The van der Waals surface area contributed by atoms with Gasteiger partial charge in [-0.2, -0.15) is 0 Å². The molecule has 0 aliphatic carbocycles. The maximum Gasteiger partial charge on any atom is 0.317 e.